The van der Waals surface area contributed by atoms with Crippen LogP contribution in [0.3, 0.4) is 0 Å². The molecule has 0 radical (unpaired) electrons. The molecule has 0 aliphatic carbocycles. The van der Waals surface area contributed by atoms with Crippen molar-refractivity contribution in [2.24, 2.45) is 5.92 Å². The van der Waals surface area contributed by atoms with Crippen LogP contribution in [0.15, 0.2) is 0 Å². The van der Waals surface area contributed by atoms with Crippen LogP contribution in [0.5, 0.6) is 0 Å². The van der Waals surface area contributed by atoms with E-state index in [1.165, 1.54) is 0 Å². The number of likely N-dealkylation sites (N-methyl/N-ethyl adjacent to an activating group) is 1. The van der Waals surface area contributed by atoms with E-state index in [1.807, 2.05) is 7.05 Å². The number of hydrogen-bond donors (Lipinski definition) is 1. The van der Waals surface area contributed by atoms with Gasteiger partial charge in [0.1, 0.15) is 5.78 Å². The van der Waals surface area contributed by atoms with Gasteiger partial charge in [0.2, 0.25) is 0 Å². The molecule has 106 valence electrons. The van der Waals surface area contributed by atoms with Crippen LogP contribution in [0.25, 0.3) is 0 Å². The van der Waals surface area contributed by atoms with E-state index < -0.39 is 0 Å². The third kappa shape index (κ3) is 5.04. The third-order valence-electron chi connectivity index (χ3n) is 3.87. The van der Waals surface area contributed by atoms with Crippen LogP contribution >= 0.6 is 0 Å². The Morgan fingerprint density at radius 2 is 2.06 bits per heavy atom. The number of Topliss-reactive ketones (excluding diaryl/α,β-unsaturated/α-hetero) is 1. The number of rotatable bonds is 8. The number of carbonyl (C=O) groups is 1. The lowest BCUT2D eigenvalue weighted by molar-refractivity contribution is -0.122. The molecule has 1 heterocycles. The summed E-state index contributed by atoms with van der Waals surface area (Å²) in [6.45, 7) is 8.98. The first-order valence-corrected chi connectivity index (χ1v) is 7.19. The van der Waals surface area contributed by atoms with Gasteiger partial charge in [-0.1, -0.05) is 20.3 Å². The maximum atomic E-state index is 12.1. The van der Waals surface area contributed by atoms with E-state index in [0.29, 0.717) is 18.1 Å². The molecule has 0 aromatic carbocycles. The van der Waals surface area contributed by atoms with Crippen molar-refractivity contribution >= 4 is 5.78 Å². The van der Waals surface area contributed by atoms with Crippen LogP contribution in [0.4, 0.5) is 0 Å². The Kier molecular flexibility index (Phi) is 7.47. The number of nitrogens with one attached hydrogen (secondary N) is 1. The minimum atomic E-state index is 0.0275. The smallest absolute Gasteiger partial charge is 0.150 e. The normalized spacial score (nSPS) is 20.6. The Balaban J connectivity index is 2.22. The number of morpholine rings is 1. The first-order chi connectivity index (χ1) is 8.69. The zero-order valence-electron chi connectivity index (χ0n) is 12.1. The monoisotopic (exact) mass is 256 g/mol. The van der Waals surface area contributed by atoms with Crippen LogP contribution in [-0.2, 0) is 9.53 Å². The Bertz CT molecular complexity index is 240. The third-order valence-corrected chi connectivity index (χ3v) is 3.87. The van der Waals surface area contributed by atoms with E-state index >= 15 is 0 Å². The van der Waals surface area contributed by atoms with E-state index in [1.54, 1.807) is 0 Å². The van der Waals surface area contributed by atoms with Crippen LogP contribution in [-0.4, -0.2) is 56.6 Å². The van der Waals surface area contributed by atoms with Gasteiger partial charge < -0.3 is 10.1 Å². The molecule has 1 aliphatic rings. The molecule has 1 N–H and O–H groups in total. The van der Waals surface area contributed by atoms with E-state index in [-0.39, 0.29) is 6.04 Å². The van der Waals surface area contributed by atoms with Crippen molar-refractivity contribution in [1.29, 1.82) is 0 Å². The van der Waals surface area contributed by atoms with Crippen molar-refractivity contribution in [3.8, 4) is 0 Å². The summed E-state index contributed by atoms with van der Waals surface area (Å²) in [6, 6.07) is 0.0275. The number of ether oxygens (including phenoxy) is 1. The summed E-state index contributed by atoms with van der Waals surface area (Å²) in [5, 5.41) is 3.16. The summed E-state index contributed by atoms with van der Waals surface area (Å²) in [5.74, 6) is 0.783. The van der Waals surface area contributed by atoms with Crippen molar-refractivity contribution in [3.63, 3.8) is 0 Å². The fourth-order valence-electron chi connectivity index (χ4n) is 2.46. The van der Waals surface area contributed by atoms with Gasteiger partial charge >= 0.3 is 0 Å². The molecule has 0 spiro atoms. The van der Waals surface area contributed by atoms with E-state index in [4.69, 9.17) is 4.74 Å². The lowest BCUT2D eigenvalue weighted by atomic mass is 9.93. The first kappa shape index (κ1) is 15.6. The summed E-state index contributed by atoms with van der Waals surface area (Å²) < 4.78 is 5.31. The standard InChI is InChI=1S/C14H28N2O2/c1-4-12(2)14(15-3)13(17)6-5-7-16-8-10-18-11-9-16/h12,14-15H,4-11H2,1-3H3/t12-,14-/m0/s1. The molecule has 0 unspecified atom stereocenters. The zero-order chi connectivity index (χ0) is 13.4. The van der Waals surface area contributed by atoms with E-state index in [0.717, 1.165) is 45.7 Å². The molecule has 0 aromatic heterocycles. The maximum absolute atomic E-state index is 12.1. The zero-order valence-corrected chi connectivity index (χ0v) is 12.1. The molecule has 1 fully saturated rings. The summed E-state index contributed by atoms with van der Waals surface area (Å²) >= 11 is 0. The highest BCUT2D eigenvalue weighted by Crippen LogP contribution is 2.11. The molecule has 1 rings (SSSR count). The number of hydrogen-bond acceptors (Lipinski definition) is 4. The number of carbonyl (C=O) groups excluding carboxylic acids is 1. The van der Waals surface area contributed by atoms with Crippen LogP contribution in [0, 0.1) is 5.92 Å². The van der Waals surface area contributed by atoms with Crippen LogP contribution in [0.2, 0.25) is 0 Å². The van der Waals surface area contributed by atoms with Gasteiger partial charge in [-0.15, -0.1) is 0 Å². The van der Waals surface area contributed by atoms with Crippen LogP contribution in [0.1, 0.15) is 33.1 Å². The highest BCUT2D eigenvalue weighted by Gasteiger charge is 2.21. The molecule has 4 heteroatoms. The second-order valence-electron chi connectivity index (χ2n) is 5.18. The van der Waals surface area contributed by atoms with Gasteiger partial charge in [-0.05, 0) is 25.9 Å². The molecule has 0 bridgehead atoms. The summed E-state index contributed by atoms with van der Waals surface area (Å²) in [7, 11) is 1.89. The lowest BCUT2D eigenvalue weighted by Crippen LogP contribution is -2.40. The van der Waals surface area contributed by atoms with Gasteiger partial charge in [-0.2, -0.15) is 0 Å². The molecule has 2 atom stereocenters. The Morgan fingerprint density at radius 3 is 2.61 bits per heavy atom. The predicted octanol–water partition coefficient (Wildman–Crippen LogP) is 1.30. The molecule has 1 saturated heterocycles. The van der Waals surface area contributed by atoms with Gasteiger partial charge in [0, 0.05) is 19.5 Å². The molecule has 0 saturated carbocycles. The molecular weight excluding hydrogens is 228 g/mol. The number of ketones is 1. The highest BCUT2D eigenvalue weighted by molar-refractivity contribution is 5.84. The van der Waals surface area contributed by atoms with E-state index in [9.17, 15) is 4.79 Å². The quantitative estimate of drug-likeness (QED) is 0.711. The average Bonchev–Trinajstić information content (AvgIpc) is 2.40. The first-order valence-electron chi connectivity index (χ1n) is 7.19. The Morgan fingerprint density at radius 1 is 1.39 bits per heavy atom. The van der Waals surface area contributed by atoms with Crippen molar-refractivity contribution in [1.82, 2.24) is 10.2 Å². The minimum absolute atomic E-state index is 0.0275. The van der Waals surface area contributed by atoms with E-state index in [2.05, 4.69) is 24.1 Å². The molecule has 4 nitrogen and oxygen atoms in total. The molecule has 0 aromatic rings. The topological polar surface area (TPSA) is 41.6 Å². The maximum Gasteiger partial charge on any atom is 0.150 e. The molecule has 1 aliphatic heterocycles. The second-order valence-corrected chi connectivity index (χ2v) is 5.18. The largest absolute Gasteiger partial charge is 0.379 e. The van der Waals surface area contributed by atoms with Gasteiger partial charge in [0.15, 0.2) is 0 Å². The van der Waals surface area contributed by atoms with Crippen LogP contribution < -0.4 is 5.32 Å². The molecular formula is C14H28N2O2. The summed E-state index contributed by atoms with van der Waals surface area (Å²) in [4.78, 5) is 14.5. The second kappa shape index (κ2) is 8.62. The van der Waals surface area contributed by atoms with Gasteiger partial charge in [-0.25, -0.2) is 0 Å². The van der Waals surface area contributed by atoms with Gasteiger partial charge in [0.25, 0.3) is 0 Å². The SMILES string of the molecule is CC[C@H](C)[C@H](NC)C(=O)CCCN1CCOCC1. The Hall–Kier alpha value is -0.450. The lowest BCUT2D eigenvalue weighted by Gasteiger charge is -2.27. The summed E-state index contributed by atoms with van der Waals surface area (Å²) in [6.07, 6.45) is 2.70. The van der Waals surface area contributed by atoms with Crippen molar-refractivity contribution < 1.29 is 9.53 Å². The highest BCUT2D eigenvalue weighted by atomic mass is 16.5. The van der Waals surface area contributed by atoms with Gasteiger partial charge in [0.05, 0.1) is 19.3 Å². The fourth-order valence-corrected chi connectivity index (χ4v) is 2.46. The van der Waals surface area contributed by atoms with Crippen molar-refractivity contribution in [3.05, 3.63) is 0 Å². The molecule has 18 heavy (non-hydrogen) atoms. The van der Waals surface area contributed by atoms with Crippen molar-refractivity contribution in [2.75, 3.05) is 39.9 Å². The average molecular weight is 256 g/mol. The predicted molar refractivity (Wildman–Crippen MR) is 73.8 cm³/mol. The fraction of sp³-hybridized carbons (Fsp3) is 0.929. The summed E-state index contributed by atoms with van der Waals surface area (Å²) in [5.41, 5.74) is 0. The minimum Gasteiger partial charge on any atom is -0.379 e. The Labute approximate surface area is 111 Å². The van der Waals surface area contributed by atoms with Gasteiger partial charge in [-0.3, -0.25) is 9.69 Å². The molecule has 0 amide bonds. The van der Waals surface area contributed by atoms with Crippen molar-refractivity contribution in [2.45, 2.75) is 39.2 Å². The number of nitrogens with zero attached hydrogens (tertiary/aromatic N) is 1.